The zero-order chi connectivity index (χ0) is 23.5. The molecule has 0 aromatic heterocycles. The summed E-state index contributed by atoms with van der Waals surface area (Å²) < 4.78 is 27.5. The summed E-state index contributed by atoms with van der Waals surface area (Å²) >= 11 is 3.27. The molecular weight excluding hydrogens is 498 g/mol. The molecule has 9 heteroatoms. The van der Waals surface area contributed by atoms with Crippen molar-refractivity contribution in [3.05, 3.63) is 104 Å². The van der Waals surface area contributed by atoms with Crippen molar-refractivity contribution in [2.75, 3.05) is 0 Å². The van der Waals surface area contributed by atoms with Crippen LogP contribution in [0.15, 0.2) is 82.2 Å². The van der Waals surface area contributed by atoms with E-state index in [2.05, 4.69) is 15.9 Å². The molecule has 0 saturated carbocycles. The normalized spacial score (nSPS) is 12.2. The summed E-state index contributed by atoms with van der Waals surface area (Å²) in [5, 5.41) is 9.37. The highest BCUT2D eigenvalue weighted by Crippen LogP contribution is 2.26. The molecule has 0 amide bonds. The highest BCUT2D eigenvalue weighted by Gasteiger charge is 2.37. The van der Waals surface area contributed by atoms with E-state index < -0.39 is 38.0 Å². The van der Waals surface area contributed by atoms with E-state index in [1.807, 2.05) is 0 Å². The highest BCUT2D eigenvalue weighted by molar-refractivity contribution is 9.10. The lowest BCUT2D eigenvalue weighted by molar-refractivity contribution is -0.384. The van der Waals surface area contributed by atoms with Crippen LogP contribution in [0.4, 0.5) is 5.69 Å². The number of benzene rings is 3. The summed E-state index contributed by atoms with van der Waals surface area (Å²) in [5.74, 6) is -1.41. The zero-order valence-electron chi connectivity index (χ0n) is 16.9. The number of rotatable bonds is 8. The van der Waals surface area contributed by atoms with Gasteiger partial charge < -0.3 is 0 Å². The fraction of sp³-hybridized carbons (Fsp3) is 0.130. The molecule has 0 aliphatic rings. The maximum absolute atomic E-state index is 13.4. The van der Waals surface area contributed by atoms with Crippen molar-refractivity contribution in [2.24, 2.45) is 0 Å². The molecule has 0 aliphatic heterocycles. The van der Waals surface area contributed by atoms with Crippen molar-refractivity contribution in [3.8, 4) is 0 Å². The fourth-order valence-electron chi connectivity index (χ4n) is 3.12. The molecule has 1 atom stereocenters. The molecule has 0 aliphatic carbocycles. The van der Waals surface area contributed by atoms with Gasteiger partial charge in [0.1, 0.15) is 5.25 Å². The lowest BCUT2D eigenvalue weighted by Crippen LogP contribution is -2.33. The zero-order valence-corrected chi connectivity index (χ0v) is 19.3. The van der Waals surface area contributed by atoms with Gasteiger partial charge in [-0.05, 0) is 31.2 Å². The third-order valence-corrected chi connectivity index (χ3v) is 7.48. The maximum Gasteiger partial charge on any atom is 0.270 e. The van der Waals surface area contributed by atoms with Crippen LogP contribution < -0.4 is 0 Å². The van der Waals surface area contributed by atoms with Crippen molar-refractivity contribution in [1.29, 1.82) is 0 Å². The number of nitrogens with zero attached hydrogens (tertiary/aromatic N) is 1. The van der Waals surface area contributed by atoms with Crippen molar-refractivity contribution in [1.82, 2.24) is 0 Å². The van der Waals surface area contributed by atoms with E-state index in [-0.39, 0.29) is 21.7 Å². The van der Waals surface area contributed by atoms with Crippen LogP contribution in [0.1, 0.15) is 32.7 Å². The van der Waals surface area contributed by atoms with Gasteiger partial charge >= 0.3 is 0 Å². The highest BCUT2D eigenvalue weighted by atomic mass is 79.9. The molecule has 0 N–H and O–H groups in total. The van der Waals surface area contributed by atoms with Gasteiger partial charge in [0, 0.05) is 34.2 Å². The Balaban J connectivity index is 2.06. The monoisotopic (exact) mass is 515 g/mol. The van der Waals surface area contributed by atoms with Gasteiger partial charge in [0.25, 0.3) is 5.69 Å². The van der Waals surface area contributed by atoms with Gasteiger partial charge in [-0.25, -0.2) is 8.42 Å². The Hall–Kier alpha value is -3.17. The fourth-order valence-corrected chi connectivity index (χ4v) is 5.01. The third-order valence-electron chi connectivity index (χ3n) is 4.89. The lowest BCUT2D eigenvalue weighted by Gasteiger charge is -2.17. The molecule has 164 valence electrons. The van der Waals surface area contributed by atoms with Crippen LogP contribution in [0, 0.1) is 17.0 Å². The van der Waals surface area contributed by atoms with Crippen LogP contribution in [0.3, 0.4) is 0 Å². The number of carbonyl (C=O) groups excluding carboxylic acids is 2. The van der Waals surface area contributed by atoms with Crippen LogP contribution >= 0.6 is 15.9 Å². The number of Topliss-reactive ketones (excluding diaryl/α,β-unsaturated/α-hetero) is 2. The summed E-state index contributed by atoms with van der Waals surface area (Å²) in [5.41, 5.74) is 0.589. The average molecular weight is 516 g/mol. The molecule has 3 aromatic carbocycles. The summed E-state index contributed by atoms with van der Waals surface area (Å²) in [4.78, 5) is 36.5. The Morgan fingerprint density at radius 2 is 1.59 bits per heavy atom. The number of hydrogen-bond acceptors (Lipinski definition) is 6. The number of sulfone groups is 1. The first kappa shape index (κ1) is 23.5. The summed E-state index contributed by atoms with van der Waals surface area (Å²) in [6, 6.07) is 17.1. The van der Waals surface area contributed by atoms with E-state index in [0.29, 0.717) is 0 Å². The standard InChI is InChI=1S/C23H18BrNO6S/c1-15-5-11-20(12-6-15)32(30,31)22(14-21(26)16-7-9-18(24)10-8-16)23(27)17-3-2-4-19(13-17)25(28)29/h2-13,22H,14H2,1H3/t22-/m0/s1. The summed E-state index contributed by atoms with van der Waals surface area (Å²) in [6.45, 7) is 1.79. The SMILES string of the molecule is Cc1ccc(S(=O)(=O)[C@@H](CC(=O)c2ccc(Br)cc2)C(=O)c2cccc([N+](=O)[O-])c2)cc1. The minimum Gasteiger partial charge on any atom is -0.294 e. The number of carbonyl (C=O) groups is 2. The molecule has 0 unspecified atom stereocenters. The molecule has 3 aromatic rings. The van der Waals surface area contributed by atoms with Gasteiger partial charge in [0.05, 0.1) is 9.82 Å². The Kier molecular flexibility index (Phi) is 7.00. The van der Waals surface area contributed by atoms with E-state index in [4.69, 9.17) is 0 Å². The van der Waals surface area contributed by atoms with Crippen LogP contribution in [0.5, 0.6) is 0 Å². The van der Waals surface area contributed by atoms with Gasteiger partial charge in [-0.3, -0.25) is 19.7 Å². The Morgan fingerprint density at radius 1 is 0.969 bits per heavy atom. The maximum atomic E-state index is 13.4. The number of nitro groups is 1. The van der Waals surface area contributed by atoms with Crippen molar-refractivity contribution in [3.63, 3.8) is 0 Å². The number of nitro benzene ring substituents is 1. The second kappa shape index (κ2) is 9.54. The molecule has 3 rings (SSSR count). The van der Waals surface area contributed by atoms with Gasteiger partial charge in [-0.1, -0.05) is 57.9 Å². The van der Waals surface area contributed by atoms with E-state index in [1.165, 1.54) is 42.5 Å². The Morgan fingerprint density at radius 3 is 2.19 bits per heavy atom. The number of non-ortho nitro benzene ring substituents is 1. The predicted octanol–water partition coefficient (Wildman–Crippen LogP) is 4.96. The number of ketones is 2. The Bertz CT molecular complexity index is 1280. The smallest absolute Gasteiger partial charge is 0.270 e. The second-order valence-corrected chi connectivity index (χ2v) is 10.2. The third kappa shape index (κ3) is 5.17. The largest absolute Gasteiger partial charge is 0.294 e. The molecule has 0 bridgehead atoms. The van der Waals surface area contributed by atoms with E-state index >= 15 is 0 Å². The predicted molar refractivity (Wildman–Crippen MR) is 123 cm³/mol. The van der Waals surface area contributed by atoms with Crippen molar-refractivity contribution < 1.29 is 22.9 Å². The second-order valence-electron chi connectivity index (χ2n) is 7.15. The molecular formula is C23H18BrNO6S. The number of halogens is 1. The van der Waals surface area contributed by atoms with Crippen LogP contribution in [0.2, 0.25) is 0 Å². The van der Waals surface area contributed by atoms with Crippen LogP contribution in [-0.4, -0.2) is 30.2 Å². The molecule has 0 heterocycles. The molecule has 0 radical (unpaired) electrons. The van der Waals surface area contributed by atoms with Gasteiger partial charge in [-0.2, -0.15) is 0 Å². The van der Waals surface area contributed by atoms with Gasteiger partial charge in [0.15, 0.2) is 21.4 Å². The van der Waals surface area contributed by atoms with E-state index in [1.54, 1.807) is 31.2 Å². The minimum atomic E-state index is -4.26. The van der Waals surface area contributed by atoms with Crippen LogP contribution in [0.25, 0.3) is 0 Å². The number of hydrogen-bond donors (Lipinski definition) is 0. The quantitative estimate of drug-likeness (QED) is 0.238. The minimum absolute atomic E-state index is 0.101. The Labute approximate surface area is 193 Å². The number of aryl methyl sites for hydroxylation is 1. The van der Waals surface area contributed by atoms with Crippen molar-refractivity contribution in [2.45, 2.75) is 23.5 Å². The molecule has 32 heavy (non-hydrogen) atoms. The molecule has 0 saturated heterocycles. The topological polar surface area (TPSA) is 111 Å². The summed E-state index contributed by atoms with van der Waals surface area (Å²) in [7, 11) is -4.26. The molecule has 0 spiro atoms. The van der Waals surface area contributed by atoms with E-state index in [9.17, 15) is 28.1 Å². The van der Waals surface area contributed by atoms with Crippen LogP contribution in [-0.2, 0) is 9.84 Å². The van der Waals surface area contributed by atoms with E-state index in [0.717, 1.165) is 16.1 Å². The molecule has 0 fully saturated rings. The van der Waals surface area contributed by atoms with Gasteiger partial charge in [0.2, 0.25) is 0 Å². The van der Waals surface area contributed by atoms with Gasteiger partial charge in [-0.15, -0.1) is 0 Å². The first-order chi connectivity index (χ1) is 15.1. The first-order valence-corrected chi connectivity index (χ1v) is 11.8. The molecule has 7 nitrogen and oxygen atoms in total. The first-order valence-electron chi connectivity index (χ1n) is 9.47. The average Bonchev–Trinajstić information content (AvgIpc) is 2.77. The van der Waals surface area contributed by atoms with Crippen molar-refractivity contribution >= 4 is 43.0 Å². The lowest BCUT2D eigenvalue weighted by atomic mass is 10.0. The summed E-state index contributed by atoms with van der Waals surface area (Å²) in [6.07, 6.45) is -0.598.